The van der Waals surface area contributed by atoms with Crippen LogP contribution in [-0.2, 0) is 4.74 Å². The van der Waals surface area contributed by atoms with Crippen molar-refractivity contribution < 1.29 is 9.84 Å². The summed E-state index contributed by atoms with van der Waals surface area (Å²) in [6.45, 7) is 4.45. The van der Waals surface area contributed by atoms with E-state index in [-0.39, 0.29) is 17.1 Å². The van der Waals surface area contributed by atoms with E-state index in [1.54, 1.807) is 0 Å². The van der Waals surface area contributed by atoms with Crippen LogP contribution in [-0.4, -0.2) is 23.9 Å². The molecule has 104 valence electrons. The highest BCUT2D eigenvalue weighted by Gasteiger charge is 2.59. The molecular formula is C17H24O2. The van der Waals surface area contributed by atoms with Gasteiger partial charge in [0.15, 0.2) is 0 Å². The standard InChI is InChI=1S/C17H24O2/c1-16-11-17(2,19-3)13(10-15(16)18)9-14(16)12-7-5-4-6-8-12/h4-8,13-15,18H,9-11H2,1-3H3/t13-,14-,15?,16+,17+/m1/s1. The summed E-state index contributed by atoms with van der Waals surface area (Å²) in [7, 11) is 1.81. The molecule has 3 fully saturated rings. The molecule has 0 aromatic heterocycles. The van der Waals surface area contributed by atoms with Gasteiger partial charge in [0.1, 0.15) is 0 Å². The summed E-state index contributed by atoms with van der Waals surface area (Å²) in [4.78, 5) is 0. The molecule has 2 bridgehead atoms. The molecule has 0 radical (unpaired) electrons. The zero-order chi connectivity index (χ0) is 13.7. The molecule has 0 aliphatic heterocycles. The molecule has 2 nitrogen and oxygen atoms in total. The molecule has 4 rings (SSSR count). The van der Waals surface area contributed by atoms with Gasteiger partial charge in [-0.1, -0.05) is 37.3 Å². The van der Waals surface area contributed by atoms with Crippen molar-refractivity contribution in [2.75, 3.05) is 7.11 Å². The monoisotopic (exact) mass is 260 g/mol. The lowest BCUT2D eigenvalue weighted by atomic mass is 9.48. The Kier molecular flexibility index (Phi) is 2.99. The van der Waals surface area contributed by atoms with Crippen LogP contribution in [0.25, 0.3) is 0 Å². The fourth-order valence-corrected chi connectivity index (χ4v) is 4.50. The average molecular weight is 260 g/mol. The maximum absolute atomic E-state index is 10.6. The van der Waals surface area contributed by atoms with E-state index in [2.05, 4.69) is 44.2 Å². The number of rotatable bonds is 2. The summed E-state index contributed by atoms with van der Waals surface area (Å²) in [5.41, 5.74) is 1.23. The van der Waals surface area contributed by atoms with Gasteiger partial charge in [0, 0.05) is 12.5 Å². The third kappa shape index (κ3) is 1.85. The van der Waals surface area contributed by atoms with Crippen molar-refractivity contribution in [3.63, 3.8) is 0 Å². The Balaban J connectivity index is 1.99. The predicted octanol–water partition coefficient (Wildman–Crippen LogP) is 3.36. The highest BCUT2D eigenvalue weighted by atomic mass is 16.5. The highest BCUT2D eigenvalue weighted by molar-refractivity contribution is 5.27. The Morgan fingerprint density at radius 2 is 1.84 bits per heavy atom. The van der Waals surface area contributed by atoms with Gasteiger partial charge < -0.3 is 9.84 Å². The number of aliphatic hydroxyl groups is 1. The molecule has 0 spiro atoms. The Hall–Kier alpha value is -0.860. The van der Waals surface area contributed by atoms with Gasteiger partial charge in [0.25, 0.3) is 0 Å². The van der Waals surface area contributed by atoms with Crippen molar-refractivity contribution in [1.82, 2.24) is 0 Å². The van der Waals surface area contributed by atoms with E-state index in [4.69, 9.17) is 4.74 Å². The lowest BCUT2D eigenvalue weighted by molar-refractivity contribution is -0.194. The first-order chi connectivity index (χ1) is 8.99. The molecule has 2 heteroatoms. The first-order valence-electron chi connectivity index (χ1n) is 7.28. The Bertz CT molecular complexity index is 458. The number of hydrogen-bond acceptors (Lipinski definition) is 2. The van der Waals surface area contributed by atoms with Gasteiger partial charge in [-0.05, 0) is 43.6 Å². The third-order valence-electron chi connectivity index (χ3n) is 5.85. The highest BCUT2D eigenvalue weighted by Crippen LogP contribution is 2.61. The second kappa shape index (κ2) is 4.32. The zero-order valence-corrected chi connectivity index (χ0v) is 12.1. The van der Waals surface area contributed by atoms with E-state index in [1.807, 2.05) is 7.11 Å². The topological polar surface area (TPSA) is 29.5 Å². The first kappa shape index (κ1) is 13.1. The molecule has 0 amide bonds. The summed E-state index contributed by atoms with van der Waals surface area (Å²) < 4.78 is 5.80. The average Bonchev–Trinajstić information content (AvgIpc) is 2.41. The molecule has 3 aliphatic rings. The predicted molar refractivity (Wildman–Crippen MR) is 76.1 cm³/mol. The van der Waals surface area contributed by atoms with Crippen LogP contribution in [0.2, 0.25) is 0 Å². The number of hydrogen-bond donors (Lipinski definition) is 1. The minimum absolute atomic E-state index is 0.0686. The molecule has 1 N–H and O–H groups in total. The van der Waals surface area contributed by atoms with Gasteiger partial charge in [-0.25, -0.2) is 0 Å². The summed E-state index contributed by atoms with van der Waals surface area (Å²) in [6, 6.07) is 10.7. The summed E-state index contributed by atoms with van der Waals surface area (Å²) in [5, 5.41) is 10.6. The van der Waals surface area contributed by atoms with Crippen molar-refractivity contribution in [3.05, 3.63) is 35.9 Å². The molecule has 1 aromatic carbocycles. The number of ether oxygens (including phenoxy) is 1. The summed E-state index contributed by atoms with van der Waals surface area (Å²) in [6.07, 6.45) is 2.74. The minimum Gasteiger partial charge on any atom is -0.393 e. The second-order valence-electron chi connectivity index (χ2n) is 6.85. The fraction of sp³-hybridized carbons (Fsp3) is 0.647. The molecular weight excluding hydrogens is 236 g/mol. The molecule has 0 saturated heterocycles. The number of aliphatic hydroxyl groups excluding tert-OH is 1. The lowest BCUT2D eigenvalue weighted by Gasteiger charge is -2.60. The first-order valence-corrected chi connectivity index (χ1v) is 7.28. The number of methoxy groups -OCH3 is 1. The van der Waals surface area contributed by atoms with Crippen LogP contribution in [0.1, 0.15) is 44.6 Å². The smallest absolute Gasteiger partial charge is 0.0686 e. The maximum Gasteiger partial charge on any atom is 0.0686 e. The second-order valence-corrected chi connectivity index (χ2v) is 6.85. The molecule has 1 aromatic rings. The molecule has 3 saturated carbocycles. The van der Waals surface area contributed by atoms with Crippen LogP contribution in [0.15, 0.2) is 30.3 Å². The van der Waals surface area contributed by atoms with Gasteiger partial charge in [-0.15, -0.1) is 0 Å². The summed E-state index contributed by atoms with van der Waals surface area (Å²) >= 11 is 0. The summed E-state index contributed by atoms with van der Waals surface area (Å²) in [5.74, 6) is 0.908. The lowest BCUT2D eigenvalue weighted by Crippen LogP contribution is -2.60. The van der Waals surface area contributed by atoms with E-state index < -0.39 is 0 Å². The third-order valence-corrected chi connectivity index (χ3v) is 5.85. The van der Waals surface area contributed by atoms with E-state index in [0.29, 0.717) is 11.8 Å². The normalized spacial score (nSPS) is 45.4. The minimum atomic E-state index is -0.209. The van der Waals surface area contributed by atoms with E-state index in [1.165, 1.54) is 5.56 Å². The van der Waals surface area contributed by atoms with Crippen molar-refractivity contribution >= 4 is 0 Å². The van der Waals surface area contributed by atoms with Gasteiger partial charge in [-0.2, -0.15) is 0 Å². The van der Waals surface area contributed by atoms with Crippen LogP contribution >= 0.6 is 0 Å². The fourth-order valence-electron chi connectivity index (χ4n) is 4.50. The number of benzene rings is 1. The Morgan fingerprint density at radius 3 is 2.47 bits per heavy atom. The van der Waals surface area contributed by atoms with Crippen molar-refractivity contribution in [3.8, 4) is 0 Å². The van der Waals surface area contributed by atoms with Gasteiger partial charge in [0.2, 0.25) is 0 Å². The molecule has 1 unspecified atom stereocenters. The van der Waals surface area contributed by atoms with Crippen LogP contribution in [0.4, 0.5) is 0 Å². The van der Waals surface area contributed by atoms with Gasteiger partial charge >= 0.3 is 0 Å². The maximum atomic E-state index is 10.6. The van der Waals surface area contributed by atoms with E-state index in [0.717, 1.165) is 19.3 Å². The van der Waals surface area contributed by atoms with E-state index in [9.17, 15) is 5.11 Å². The Morgan fingerprint density at radius 1 is 1.16 bits per heavy atom. The van der Waals surface area contributed by atoms with Crippen LogP contribution in [0.5, 0.6) is 0 Å². The van der Waals surface area contributed by atoms with Gasteiger partial charge in [0.05, 0.1) is 11.7 Å². The largest absolute Gasteiger partial charge is 0.393 e. The molecule has 5 atom stereocenters. The van der Waals surface area contributed by atoms with E-state index >= 15 is 0 Å². The molecule has 19 heavy (non-hydrogen) atoms. The SMILES string of the molecule is CO[C@@]1(C)C[C@]2(C)C(O)C[C@H]1C[C@@H]2c1ccccc1. The van der Waals surface area contributed by atoms with Crippen LogP contribution < -0.4 is 0 Å². The zero-order valence-electron chi connectivity index (χ0n) is 12.1. The van der Waals surface area contributed by atoms with Crippen molar-refractivity contribution in [2.45, 2.75) is 50.7 Å². The van der Waals surface area contributed by atoms with Crippen LogP contribution in [0, 0.1) is 11.3 Å². The molecule has 3 aliphatic carbocycles. The van der Waals surface area contributed by atoms with Crippen molar-refractivity contribution in [2.24, 2.45) is 11.3 Å². The van der Waals surface area contributed by atoms with Gasteiger partial charge in [-0.3, -0.25) is 0 Å². The quantitative estimate of drug-likeness (QED) is 0.883. The van der Waals surface area contributed by atoms with Crippen LogP contribution in [0.3, 0.4) is 0 Å². The van der Waals surface area contributed by atoms with Crippen molar-refractivity contribution in [1.29, 1.82) is 0 Å². The molecule has 0 heterocycles. The number of fused-ring (bicyclic) bond motifs is 3. The Labute approximate surface area is 115 Å².